The van der Waals surface area contributed by atoms with E-state index in [2.05, 4.69) is 30.4 Å². The zero-order valence-electron chi connectivity index (χ0n) is 15.5. The minimum atomic E-state index is -2.60. The Bertz CT molecular complexity index is 1220. The Labute approximate surface area is 168 Å². The van der Waals surface area contributed by atoms with E-state index < -0.39 is 18.8 Å². The molecule has 11 heteroatoms. The minimum Gasteiger partial charge on any atom is -0.353 e. The summed E-state index contributed by atoms with van der Waals surface area (Å²) >= 11 is 0. The summed E-state index contributed by atoms with van der Waals surface area (Å²) in [5.41, 5.74) is 2.08. The second-order valence-corrected chi connectivity index (χ2v) is 6.36. The number of anilines is 1. The fraction of sp³-hybridized carbons (Fsp3) is 0.211. The van der Waals surface area contributed by atoms with E-state index >= 15 is 0 Å². The van der Waals surface area contributed by atoms with E-state index in [1.54, 1.807) is 12.1 Å². The van der Waals surface area contributed by atoms with Crippen LogP contribution in [0.25, 0.3) is 33.5 Å². The average Bonchev–Trinajstić information content (AvgIpc) is 3.31. The third-order valence-corrected chi connectivity index (χ3v) is 4.29. The van der Waals surface area contributed by atoms with Crippen LogP contribution >= 0.6 is 0 Å². The normalized spacial score (nSPS) is 11.2. The molecule has 152 valence electrons. The van der Waals surface area contributed by atoms with Crippen molar-refractivity contribution in [2.45, 2.75) is 19.4 Å². The van der Waals surface area contributed by atoms with Crippen molar-refractivity contribution in [3.8, 4) is 28.6 Å². The lowest BCUT2D eigenvalue weighted by atomic mass is 10.1. The summed E-state index contributed by atoms with van der Waals surface area (Å²) in [6, 6.07) is 5.18. The number of alkyl halides is 2. The van der Waals surface area contributed by atoms with Gasteiger partial charge in [-0.25, -0.2) is 28.1 Å². The first kappa shape index (κ1) is 19.4. The number of hydrogen-bond acceptors (Lipinski definition) is 6. The van der Waals surface area contributed by atoms with E-state index in [1.807, 2.05) is 6.07 Å². The molecule has 2 N–H and O–H groups in total. The number of rotatable bonds is 7. The van der Waals surface area contributed by atoms with Crippen LogP contribution in [0.3, 0.4) is 0 Å². The first-order valence-electron chi connectivity index (χ1n) is 8.98. The van der Waals surface area contributed by atoms with Crippen molar-refractivity contribution in [1.29, 1.82) is 5.26 Å². The van der Waals surface area contributed by atoms with Gasteiger partial charge in [-0.1, -0.05) is 0 Å². The Kier molecular flexibility index (Phi) is 5.30. The van der Waals surface area contributed by atoms with Gasteiger partial charge in [0.05, 0.1) is 23.6 Å². The number of pyridine rings is 1. The van der Waals surface area contributed by atoms with Crippen LogP contribution < -0.4 is 5.32 Å². The zero-order chi connectivity index (χ0) is 21.1. The number of H-pyrrole nitrogens is 1. The third-order valence-electron chi connectivity index (χ3n) is 4.29. The highest BCUT2D eigenvalue weighted by Gasteiger charge is 2.18. The van der Waals surface area contributed by atoms with E-state index in [1.165, 1.54) is 24.8 Å². The zero-order valence-corrected chi connectivity index (χ0v) is 15.5. The number of hydrogen-bond donors (Lipinski definition) is 2. The number of aromatic amines is 1. The summed E-state index contributed by atoms with van der Waals surface area (Å²) in [4.78, 5) is 15.4. The SMILES string of the molecule is N#CCCNc1nccc(-c2cn(CC(F)F)nc2-c2cnc3[nH]cc(F)c3c2)n1. The number of nitrogens with one attached hydrogen (secondary N) is 2. The number of nitrogens with zero attached hydrogens (tertiary/aromatic N) is 6. The van der Waals surface area contributed by atoms with Crippen molar-refractivity contribution >= 4 is 17.0 Å². The van der Waals surface area contributed by atoms with Crippen molar-refractivity contribution in [2.24, 2.45) is 0 Å². The van der Waals surface area contributed by atoms with Crippen molar-refractivity contribution in [1.82, 2.24) is 29.7 Å². The van der Waals surface area contributed by atoms with Gasteiger partial charge >= 0.3 is 0 Å². The molecule has 4 heterocycles. The summed E-state index contributed by atoms with van der Waals surface area (Å²) in [5, 5.41) is 16.1. The maximum Gasteiger partial charge on any atom is 0.257 e. The van der Waals surface area contributed by atoms with Gasteiger partial charge in [0.2, 0.25) is 5.95 Å². The molecular weight excluding hydrogens is 397 g/mol. The lowest BCUT2D eigenvalue weighted by molar-refractivity contribution is 0.122. The molecule has 0 atom stereocenters. The lowest BCUT2D eigenvalue weighted by Gasteiger charge is -2.05. The molecule has 0 fully saturated rings. The molecule has 8 nitrogen and oxygen atoms in total. The van der Waals surface area contributed by atoms with E-state index in [9.17, 15) is 13.2 Å². The predicted octanol–water partition coefficient (Wildman–Crippen LogP) is 3.61. The molecule has 0 aliphatic carbocycles. The van der Waals surface area contributed by atoms with Crippen molar-refractivity contribution in [2.75, 3.05) is 11.9 Å². The molecule has 0 bridgehead atoms. The minimum absolute atomic E-state index is 0.267. The number of fused-ring (bicyclic) bond motifs is 1. The van der Waals surface area contributed by atoms with Gasteiger partial charge in [-0.05, 0) is 12.1 Å². The van der Waals surface area contributed by atoms with Crippen LogP contribution in [-0.2, 0) is 6.54 Å². The summed E-state index contributed by atoms with van der Waals surface area (Å²) < 4.78 is 41.0. The largest absolute Gasteiger partial charge is 0.353 e. The highest BCUT2D eigenvalue weighted by molar-refractivity contribution is 5.85. The number of aromatic nitrogens is 6. The predicted molar refractivity (Wildman–Crippen MR) is 103 cm³/mol. The van der Waals surface area contributed by atoms with Gasteiger partial charge in [0.1, 0.15) is 23.7 Å². The van der Waals surface area contributed by atoms with Gasteiger partial charge < -0.3 is 10.3 Å². The molecule has 0 saturated heterocycles. The van der Waals surface area contributed by atoms with Crippen LogP contribution in [0, 0.1) is 17.1 Å². The molecule has 0 amide bonds. The van der Waals surface area contributed by atoms with E-state index in [-0.39, 0.29) is 11.8 Å². The van der Waals surface area contributed by atoms with Crippen LogP contribution in [-0.4, -0.2) is 42.7 Å². The molecule has 0 unspecified atom stereocenters. The molecular formula is C19H15F3N8. The Morgan fingerprint density at radius 3 is 2.97 bits per heavy atom. The molecule has 0 saturated carbocycles. The molecule has 4 aromatic heterocycles. The molecule has 30 heavy (non-hydrogen) atoms. The van der Waals surface area contributed by atoms with Gasteiger partial charge in [0, 0.05) is 42.5 Å². The second-order valence-electron chi connectivity index (χ2n) is 6.36. The first-order valence-corrected chi connectivity index (χ1v) is 8.98. The molecule has 0 aromatic carbocycles. The summed E-state index contributed by atoms with van der Waals surface area (Å²) in [5.74, 6) is -0.181. The molecule has 4 rings (SSSR count). The number of halogens is 3. The van der Waals surface area contributed by atoms with Crippen LogP contribution in [0.1, 0.15) is 6.42 Å². The van der Waals surface area contributed by atoms with Crippen molar-refractivity contribution in [3.63, 3.8) is 0 Å². The Morgan fingerprint density at radius 2 is 2.17 bits per heavy atom. The molecule has 0 radical (unpaired) electrons. The lowest BCUT2D eigenvalue weighted by Crippen LogP contribution is -2.06. The van der Waals surface area contributed by atoms with E-state index in [0.29, 0.717) is 40.7 Å². The van der Waals surface area contributed by atoms with Crippen LogP contribution in [0.15, 0.2) is 36.9 Å². The molecule has 4 aromatic rings. The second kappa shape index (κ2) is 8.20. The molecule has 0 aliphatic heterocycles. The first-order chi connectivity index (χ1) is 14.5. The Hall–Kier alpha value is -3.94. The quantitative estimate of drug-likeness (QED) is 0.449. The average molecular weight is 412 g/mol. The van der Waals surface area contributed by atoms with Crippen LogP contribution in [0.4, 0.5) is 19.1 Å². The van der Waals surface area contributed by atoms with Gasteiger partial charge in [-0.2, -0.15) is 10.4 Å². The van der Waals surface area contributed by atoms with Crippen LogP contribution in [0.2, 0.25) is 0 Å². The molecule has 0 spiro atoms. The smallest absolute Gasteiger partial charge is 0.257 e. The van der Waals surface area contributed by atoms with Gasteiger partial charge in [-0.3, -0.25) is 4.68 Å². The summed E-state index contributed by atoms with van der Waals surface area (Å²) in [6.45, 7) is -0.232. The maximum atomic E-state index is 14.0. The monoisotopic (exact) mass is 412 g/mol. The van der Waals surface area contributed by atoms with Gasteiger partial charge in [0.25, 0.3) is 6.43 Å². The standard InChI is InChI=1S/C19H15F3N8/c20-14-8-27-18-12(14)6-11(7-26-18)17-13(9-30(29-17)10-16(21)22)15-2-5-25-19(28-15)24-4-1-3-23/h2,5-9,16H,1,4,10H2,(H,26,27)(H,24,25,28). The van der Waals surface area contributed by atoms with Gasteiger partial charge in [-0.15, -0.1) is 0 Å². The summed E-state index contributed by atoms with van der Waals surface area (Å²) in [7, 11) is 0. The van der Waals surface area contributed by atoms with Crippen LogP contribution in [0.5, 0.6) is 0 Å². The Balaban J connectivity index is 1.78. The fourth-order valence-corrected chi connectivity index (χ4v) is 2.98. The molecule has 0 aliphatic rings. The van der Waals surface area contributed by atoms with E-state index in [0.717, 1.165) is 4.68 Å². The highest BCUT2D eigenvalue weighted by atomic mass is 19.3. The van der Waals surface area contributed by atoms with Crippen molar-refractivity contribution in [3.05, 3.63) is 42.7 Å². The maximum absolute atomic E-state index is 14.0. The highest BCUT2D eigenvalue weighted by Crippen LogP contribution is 2.32. The summed E-state index contributed by atoms with van der Waals surface area (Å²) in [6.07, 6.45) is 3.34. The van der Waals surface area contributed by atoms with Crippen molar-refractivity contribution < 1.29 is 13.2 Å². The third kappa shape index (κ3) is 3.93. The van der Waals surface area contributed by atoms with Gasteiger partial charge in [0.15, 0.2) is 0 Å². The topological polar surface area (TPSA) is 108 Å². The Morgan fingerprint density at radius 1 is 1.30 bits per heavy atom. The fourth-order valence-electron chi connectivity index (χ4n) is 2.98. The van der Waals surface area contributed by atoms with E-state index in [4.69, 9.17) is 5.26 Å². The number of nitriles is 1.